The smallest absolute Gasteiger partial charge is 0.299 e. The third-order valence-electron chi connectivity index (χ3n) is 10.1. The monoisotopic (exact) mass is 665 g/mol. The van der Waals surface area contributed by atoms with Gasteiger partial charge in [0.2, 0.25) is 0 Å². The van der Waals surface area contributed by atoms with E-state index >= 15 is 0 Å². The van der Waals surface area contributed by atoms with Gasteiger partial charge in [-0.2, -0.15) is 4.57 Å². The van der Waals surface area contributed by atoms with Crippen molar-refractivity contribution >= 4 is 55.7 Å². The number of furan rings is 1. The molecule has 0 fully saturated rings. The van der Waals surface area contributed by atoms with Crippen LogP contribution >= 0.6 is 0 Å². The van der Waals surface area contributed by atoms with E-state index in [9.17, 15) is 0 Å². The maximum atomic E-state index is 7.60. The van der Waals surface area contributed by atoms with Crippen molar-refractivity contribution in [1.82, 2.24) is 4.57 Å². The molecule has 5 heteroatoms. The van der Waals surface area contributed by atoms with E-state index in [1.54, 1.807) is 0 Å². The first-order valence-corrected chi connectivity index (χ1v) is 17.7. The largest absolute Gasteiger partial charge is 0.456 e. The zero-order valence-corrected chi connectivity index (χ0v) is 30.0. The second-order valence-corrected chi connectivity index (χ2v) is 14.0. The molecule has 0 aliphatic heterocycles. The van der Waals surface area contributed by atoms with Crippen LogP contribution < -0.4 is 9.47 Å². The van der Waals surface area contributed by atoms with Gasteiger partial charge >= 0.3 is 0 Å². The Morgan fingerprint density at radius 3 is 1.88 bits per heavy atom. The third-order valence-corrected chi connectivity index (χ3v) is 10.1. The van der Waals surface area contributed by atoms with Gasteiger partial charge in [0.15, 0.2) is 22.3 Å². The lowest BCUT2D eigenvalue weighted by molar-refractivity contribution is -0.633. The molecule has 5 nitrogen and oxygen atoms in total. The van der Waals surface area contributed by atoms with Gasteiger partial charge in [-0.05, 0) is 78.9 Å². The van der Waals surface area contributed by atoms with Gasteiger partial charge in [-0.1, -0.05) is 100 Å². The zero-order valence-electron chi connectivity index (χ0n) is 30.0. The van der Waals surface area contributed by atoms with E-state index in [1.165, 1.54) is 16.8 Å². The molecule has 0 atom stereocenters. The number of fused-ring (bicyclic) bond motifs is 4. The first kappa shape index (κ1) is 32.1. The van der Waals surface area contributed by atoms with E-state index in [1.807, 2.05) is 18.2 Å². The van der Waals surface area contributed by atoms with Crippen LogP contribution in [0.2, 0.25) is 0 Å². The number of hydrogen-bond acceptors (Lipinski definition) is 2. The van der Waals surface area contributed by atoms with Crippen LogP contribution in [0.5, 0.6) is 0 Å². The Balaban J connectivity index is 1.48. The number of para-hydroxylation sites is 4. The van der Waals surface area contributed by atoms with Crippen LogP contribution in [0, 0.1) is 13.5 Å². The summed E-state index contributed by atoms with van der Waals surface area (Å²) in [6.07, 6.45) is 0. The molecule has 8 rings (SSSR count). The molecule has 0 spiro atoms. The van der Waals surface area contributed by atoms with Crippen molar-refractivity contribution in [2.24, 2.45) is 7.05 Å². The van der Waals surface area contributed by atoms with Crippen molar-refractivity contribution in [3.63, 3.8) is 0 Å². The lowest BCUT2D eigenvalue weighted by atomic mass is 9.90. The summed E-state index contributed by atoms with van der Waals surface area (Å²) in [5, 5.41) is 2.06. The van der Waals surface area contributed by atoms with Crippen LogP contribution in [0.4, 0.5) is 22.7 Å². The fraction of sp³-hybridized carbons (Fsp3) is 0.174. The molecule has 0 aliphatic carbocycles. The molecule has 0 amide bonds. The number of aryl methyl sites for hydroxylation is 2. The number of anilines is 3. The molecule has 51 heavy (non-hydrogen) atoms. The van der Waals surface area contributed by atoms with Crippen molar-refractivity contribution in [3.05, 3.63) is 156 Å². The summed E-state index contributed by atoms with van der Waals surface area (Å²) in [5.41, 5.74) is 13.7. The molecule has 0 saturated heterocycles. The average Bonchev–Trinajstić information content (AvgIpc) is 3.66. The molecule has 8 aromatic rings. The summed E-state index contributed by atoms with van der Waals surface area (Å²) < 4.78 is 11.5. The lowest BCUT2D eigenvalue weighted by Gasteiger charge is -2.28. The molecule has 250 valence electrons. The molecule has 0 saturated carbocycles. The summed E-state index contributed by atoms with van der Waals surface area (Å²) in [7, 11) is 2.16. The summed E-state index contributed by atoms with van der Waals surface area (Å²) in [6.45, 7) is 19.0. The quantitative estimate of drug-likeness (QED) is 0.125. The number of imidazole rings is 1. The van der Waals surface area contributed by atoms with E-state index in [-0.39, 0.29) is 11.8 Å². The summed E-state index contributed by atoms with van der Waals surface area (Å²) in [6, 6.07) is 44.9. The van der Waals surface area contributed by atoms with Crippen LogP contribution in [0.1, 0.15) is 56.2 Å². The fourth-order valence-corrected chi connectivity index (χ4v) is 7.63. The summed E-state index contributed by atoms with van der Waals surface area (Å²) in [4.78, 5) is 6.04. The molecule has 0 unspecified atom stereocenters. The highest BCUT2D eigenvalue weighted by molar-refractivity contribution is 6.10. The number of hydrogen-bond donors (Lipinski definition) is 0. The van der Waals surface area contributed by atoms with Gasteiger partial charge < -0.3 is 9.32 Å². The normalized spacial score (nSPS) is 11.7. The second-order valence-electron chi connectivity index (χ2n) is 14.0. The zero-order chi connectivity index (χ0) is 35.4. The molecule has 0 N–H and O–H groups in total. The van der Waals surface area contributed by atoms with Crippen LogP contribution in [-0.4, -0.2) is 4.57 Å². The Morgan fingerprint density at radius 1 is 0.686 bits per heavy atom. The van der Waals surface area contributed by atoms with Crippen molar-refractivity contribution in [1.29, 1.82) is 0 Å². The standard InChI is InChI=1S/C46H41N4O/c1-29(2)38-27-35(49(33-16-10-8-11-17-33)34-18-12-9-13-19-34)28-39(30(3)4)44(38)50-41-21-15-14-20-40(41)48(7)46(50)43-31(5)22-24-37-36-25-23-32(47-6)26-42(36)51-45(37)43/h8-30H,1-5,7H3/q+1. The summed E-state index contributed by atoms with van der Waals surface area (Å²) >= 11 is 0. The predicted octanol–water partition coefficient (Wildman–Crippen LogP) is 12.6. The van der Waals surface area contributed by atoms with Gasteiger partial charge in [-0.25, -0.2) is 9.41 Å². The molecule has 0 aliphatic rings. The van der Waals surface area contributed by atoms with Crippen LogP contribution in [-0.2, 0) is 7.05 Å². The van der Waals surface area contributed by atoms with Gasteiger partial charge in [0.25, 0.3) is 5.82 Å². The topological polar surface area (TPSA) is 29.6 Å². The molecular weight excluding hydrogens is 625 g/mol. The first-order valence-electron chi connectivity index (χ1n) is 17.7. The number of benzene rings is 6. The third kappa shape index (κ3) is 5.27. The maximum absolute atomic E-state index is 7.60. The minimum Gasteiger partial charge on any atom is -0.456 e. The predicted molar refractivity (Wildman–Crippen MR) is 211 cm³/mol. The Hall–Kier alpha value is -6.12. The van der Waals surface area contributed by atoms with Crippen molar-refractivity contribution in [2.45, 2.75) is 46.5 Å². The molecule has 0 radical (unpaired) electrons. The molecular formula is C46H41N4O+. The lowest BCUT2D eigenvalue weighted by Crippen LogP contribution is -2.30. The van der Waals surface area contributed by atoms with Gasteiger partial charge in [-0.15, -0.1) is 0 Å². The van der Waals surface area contributed by atoms with Crippen LogP contribution in [0.25, 0.3) is 54.9 Å². The van der Waals surface area contributed by atoms with E-state index < -0.39 is 0 Å². The number of rotatable bonds is 7. The van der Waals surface area contributed by atoms with Crippen LogP contribution in [0.15, 0.2) is 132 Å². The van der Waals surface area contributed by atoms with Gasteiger partial charge in [0.1, 0.15) is 16.8 Å². The minimum absolute atomic E-state index is 0.222. The average molecular weight is 666 g/mol. The highest BCUT2D eigenvalue weighted by Gasteiger charge is 2.34. The Kier molecular flexibility index (Phi) is 7.96. The minimum atomic E-state index is 0.222. The second kappa shape index (κ2) is 12.6. The number of aromatic nitrogens is 2. The van der Waals surface area contributed by atoms with Gasteiger partial charge in [0.05, 0.1) is 13.6 Å². The fourth-order valence-electron chi connectivity index (χ4n) is 7.63. The summed E-state index contributed by atoms with van der Waals surface area (Å²) in [5.74, 6) is 1.50. The first-order chi connectivity index (χ1) is 24.8. The van der Waals surface area contributed by atoms with Gasteiger partial charge in [0, 0.05) is 39.0 Å². The van der Waals surface area contributed by atoms with Crippen molar-refractivity contribution in [2.75, 3.05) is 4.90 Å². The highest BCUT2D eigenvalue weighted by atomic mass is 16.3. The van der Waals surface area contributed by atoms with E-state index in [0.717, 1.165) is 67.0 Å². The SMILES string of the molecule is [C-]#[N+]c1ccc2c(c1)oc1c(-c3n(-c4c(C(C)C)cc(N(c5ccccc5)c5ccccc5)cc4C(C)C)c4ccccc4[n+]3C)c(C)ccc12. The Labute approximate surface area is 299 Å². The van der Waals surface area contributed by atoms with Crippen molar-refractivity contribution in [3.8, 4) is 17.1 Å². The Bertz CT molecular complexity index is 2550. The molecule has 0 bridgehead atoms. The number of nitrogens with zero attached hydrogens (tertiary/aromatic N) is 4. The Morgan fingerprint density at radius 2 is 1.27 bits per heavy atom. The maximum Gasteiger partial charge on any atom is 0.299 e. The van der Waals surface area contributed by atoms with E-state index in [2.05, 4.69) is 170 Å². The molecule has 6 aromatic carbocycles. The van der Waals surface area contributed by atoms with Crippen molar-refractivity contribution < 1.29 is 8.98 Å². The van der Waals surface area contributed by atoms with Crippen LogP contribution in [0.3, 0.4) is 0 Å². The van der Waals surface area contributed by atoms with Gasteiger partial charge in [-0.3, -0.25) is 0 Å². The van der Waals surface area contributed by atoms with E-state index in [0.29, 0.717) is 5.69 Å². The highest BCUT2D eigenvalue weighted by Crippen LogP contribution is 2.45. The molecule has 2 heterocycles. The van der Waals surface area contributed by atoms with E-state index in [4.69, 9.17) is 11.0 Å². The molecule has 2 aromatic heterocycles.